The molecule has 0 fully saturated rings. The van der Waals surface area contributed by atoms with Crippen LogP contribution in [0.2, 0.25) is 0 Å². The summed E-state index contributed by atoms with van der Waals surface area (Å²) in [6.07, 6.45) is 0.222. The molecular formula is C15H25NO. The van der Waals surface area contributed by atoms with Gasteiger partial charge in [0.1, 0.15) is 11.9 Å². The lowest BCUT2D eigenvalue weighted by Gasteiger charge is -2.24. The highest BCUT2D eigenvalue weighted by Crippen LogP contribution is 2.16. The maximum absolute atomic E-state index is 6.02. The molecule has 1 unspecified atom stereocenters. The molecule has 0 aliphatic carbocycles. The van der Waals surface area contributed by atoms with E-state index in [2.05, 4.69) is 52.1 Å². The van der Waals surface area contributed by atoms with E-state index in [0.717, 1.165) is 12.3 Å². The first kappa shape index (κ1) is 14.0. The molecule has 1 atom stereocenters. The van der Waals surface area contributed by atoms with Crippen LogP contribution in [0.25, 0.3) is 0 Å². The quantitative estimate of drug-likeness (QED) is 0.816. The average molecular weight is 235 g/mol. The van der Waals surface area contributed by atoms with Crippen molar-refractivity contribution in [3.8, 4) is 5.75 Å². The lowest BCUT2D eigenvalue weighted by molar-refractivity contribution is 0.146. The van der Waals surface area contributed by atoms with Crippen LogP contribution in [0.3, 0.4) is 0 Å². The van der Waals surface area contributed by atoms with Crippen molar-refractivity contribution < 1.29 is 4.74 Å². The predicted molar refractivity (Wildman–Crippen MR) is 73.6 cm³/mol. The van der Waals surface area contributed by atoms with Gasteiger partial charge in [-0.15, -0.1) is 0 Å². The fourth-order valence-corrected chi connectivity index (χ4v) is 1.56. The summed E-state index contributed by atoms with van der Waals surface area (Å²) in [7, 11) is 0. The highest BCUT2D eigenvalue weighted by molar-refractivity contribution is 5.26. The van der Waals surface area contributed by atoms with Gasteiger partial charge in [-0.25, -0.2) is 0 Å². The molecule has 1 rings (SSSR count). The summed E-state index contributed by atoms with van der Waals surface area (Å²) in [5.41, 5.74) is 1.26. The molecule has 0 saturated heterocycles. The summed E-state index contributed by atoms with van der Waals surface area (Å²) in [6, 6.07) is 8.75. The zero-order chi connectivity index (χ0) is 12.8. The molecule has 1 N–H and O–H groups in total. The molecule has 0 aliphatic rings. The van der Waals surface area contributed by atoms with Gasteiger partial charge >= 0.3 is 0 Å². The standard InChI is InChI=1S/C15H25NO/c1-11(2)15(10-16-12(3)4)17-14-8-6-13(5)7-9-14/h6-9,11-12,15-16H,10H2,1-5H3. The van der Waals surface area contributed by atoms with Gasteiger partial charge < -0.3 is 10.1 Å². The fourth-order valence-electron chi connectivity index (χ4n) is 1.56. The SMILES string of the molecule is Cc1ccc(OC(CNC(C)C)C(C)C)cc1. The first-order valence-electron chi connectivity index (χ1n) is 6.45. The van der Waals surface area contributed by atoms with E-state index in [1.807, 2.05) is 12.1 Å². The molecule has 1 aromatic rings. The van der Waals surface area contributed by atoms with Gasteiger partial charge in [0.15, 0.2) is 0 Å². The Bertz CT molecular complexity index is 316. The minimum absolute atomic E-state index is 0.222. The molecule has 0 bridgehead atoms. The van der Waals surface area contributed by atoms with Crippen LogP contribution in [-0.4, -0.2) is 18.7 Å². The van der Waals surface area contributed by atoms with E-state index in [1.54, 1.807) is 0 Å². The second-order valence-electron chi connectivity index (χ2n) is 5.28. The fraction of sp³-hybridized carbons (Fsp3) is 0.600. The molecule has 0 heterocycles. The van der Waals surface area contributed by atoms with Crippen molar-refractivity contribution in [2.45, 2.75) is 46.8 Å². The van der Waals surface area contributed by atoms with Gasteiger partial charge in [-0.3, -0.25) is 0 Å². The van der Waals surface area contributed by atoms with Gasteiger partial charge in [0, 0.05) is 12.6 Å². The molecule has 0 amide bonds. The summed E-state index contributed by atoms with van der Waals surface area (Å²) in [5, 5.41) is 3.43. The van der Waals surface area contributed by atoms with Gasteiger partial charge in [0.05, 0.1) is 0 Å². The van der Waals surface area contributed by atoms with Crippen LogP contribution >= 0.6 is 0 Å². The van der Waals surface area contributed by atoms with E-state index < -0.39 is 0 Å². The first-order chi connectivity index (χ1) is 7.99. The molecule has 1 aromatic carbocycles. The van der Waals surface area contributed by atoms with Crippen molar-refractivity contribution in [2.24, 2.45) is 5.92 Å². The Balaban J connectivity index is 2.57. The van der Waals surface area contributed by atoms with Crippen LogP contribution in [0.4, 0.5) is 0 Å². The van der Waals surface area contributed by atoms with E-state index in [9.17, 15) is 0 Å². The molecule has 96 valence electrons. The molecule has 0 radical (unpaired) electrons. The van der Waals surface area contributed by atoms with Crippen molar-refractivity contribution in [2.75, 3.05) is 6.54 Å². The van der Waals surface area contributed by atoms with Gasteiger partial charge in [0.25, 0.3) is 0 Å². The highest BCUT2D eigenvalue weighted by Gasteiger charge is 2.15. The number of benzene rings is 1. The number of hydrogen-bond donors (Lipinski definition) is 1. The van der Waals surface area contributed by atoms with Crippen molar-refractivity contribution >= 4 is 0 Å². The summed E-state index contributed by atoms with van der Waals surface area (Å²) >= 11 is 0. The van der Waals surface area contributed by atoms with Crippen LogP contribution in [0, 0.1) is 12.8 Å². The Morgan fingerprint density at radius 3 is 2.12 bits per heavy atom. The Labute approximate surface area is 105 Å². The largest absolute Gasteiger partial charge is 0.489 e. The molecule has 0 spiro atoms. The Hall–Kier alpha value is -1.02. The lowest BCUT2D eigenvalue weighted by atomic mass is 10.1. The topological polar surface area (TPSA) is 21.3 Å². The predicted octanol–water partition coefficient (Wildman–Crippen LogP) is 3.40. The maximum atomic E-state index is 6.02. The molecule has 17 heavy (non-hydrogen) atoms. The van der Waals surface area contributed by atoms with E-state index in [4.69, 9.17) is 4.74 Å². The van der Waals surface area contributed by atoms with Crippen LogP contribution < -0.4 is 10.1 Å². The Morgan fingerprint density at radius 1 is 1.06 bits per heavy atom. The second kappa shape index (κ2) is 6.65. The van der Waals surface area contributed by atoms with Crippen molar-refractivity contribution in [1.82, 2.24) is 5.32 Å². The molecule has 2 nitrogen and oxygen atoms in total. The molecule has 0 saturated carbocycles. The van der Waals surface area contributed by atoms with E-state index in [1.165, 1.54) is 5.56 Å². The van der Waals surface area contributed by atoms with Crippen molar-refractivity contribution in [3.63, 3.8) is 0 Å². The molecule has 0 aromatic heterocycles. The Kier molecular flexibility index (Phi) is 5.49. The van der Waals surface area contributed by atoms with Crippen LogP contribution in [0.5, 0.6) is 5.75 Å². The van der Waals surface area contributed by atoms with Gasteiger partial charge in [-0.05, 0) is 25.0 Å². The average Bonchev–Trinajstić information content (AvgIpc) is 2.26. The minimum Gasteiger partial charge on any atom is -0.489 e. The number of nitrogens with one attached hydrogen (secondary N) is 1. The molecule has 2 heteroatoms. The second-order valence-corrected chi connectivity index (χ2v) is 5.28. The number of hydrogen-bond acceptors (Lipinski definition) is 2. The third kappa shape index (κ3) is 5.22. The third-order valence-electron chi connectivity index (χ3n) is 2.78. The van der Waals surface area contributed by atoms with Crippen molar-refractivity contribution in [3.05, 3.63) is 29.8 Å². The van der Waals surface area contributed by atoms with Gasteiger partial charge in [0.2, 0.25) is 0 Å². The Morgan fingerprint density at radius 2 is 1.65 bits per heavy atom. The first-order valence-corrected chi connectivity index (χ1v) is 6.45. The normalized spacial score (nSPS) is 13.1. The smallest absolute Gasteiger partial charge is 0.119 e. The summed E-state index contributed by atoms with van der Waals surface area (Å²) in [4.78, 5) is 0. The van der Waals surface area contributed by atoms with E-state index >= 15 is 0 Å². The molecule has 0 aliphatic heterocycles. The van der Waals surface area contributed by atoms with Gasteiger partial charge in [-0.1, -0.05) is 45.4 Å². The highest BCUT2D eigenvalue weighted by atomic mass is 16.5. The summed E-state index contributed by atoms with van der Waals surface area (Å²) in [6.45, 7) is 11.7. The number of aryl methyl sites for hydroxylation is 1. The van der Waals surface area contributed by atoms with E-state index in [0.29, 0.717) is 12.0 Å². The van der Waals surface area contributed by atoms with Crippen LogP contribution in [0.1, 0.15) is 33.3 Å². The number of rotatable bonds is 6. The minimum atomic E-state index is 0.222. The lowest BCUT2D eigenvalue weighted by Crippen LogP contribution is -2.38. The van der Waals surface area contributed by atoms with Crippen LogP contribution in [0.15, 0.2) is 24.3 Å². The zero-order valence-electron chi connectivity index (χ0n) is 11.7. The molecular weight excluding hydrogens is 210 g/mol. The number of ether oxygens (including phenoxy) is 1. The summed E-state index contributed by atoms with van der Waals surface area (Å²) in [5.74, 6) is 1.46. The van der Waals surface area contributed by atoms with E-state index in [-0.39, 0.29) is 6.10 Å². The monoisotopic (exact) mass is 235 g/mol. The van der Waals surface area contributed by atoms with Gasteiger partial charge in [-0.2, -0.15) is 0 Å². The zero-order valence-corrected chi connectivity index (χ0v) is 11.7. The van der Waals surface area contributed by atoms with Crippen molar-refractivity contribution in [1.29, 1.82) is 0 Å². The maximum Gasteiger partial charge on any atom is 0.119 e. The third-order valence-corrected chi connectivity index (χ3v) is 2.78. The van der Waals surface area contributed by atoms with Crippen LogP contribution in [-0.2, 0) is 0 Å². The summed E-state index contributed by atoms with van der Waals surface area (Å²) < 4.78 is 6.02.